The van der Waals surface area contributed by atoms with Crippen LogP contribution in [0, 0.1) is 6.92 Å². The van der Waals surface area contributed by atoms with Crippen molar-refractivity contribution in [2.75, 3.05) is 23.9 Å². The summed E-state index contributed by atoms with van der Waals surface area (Å²) >= 11 is 0. The fourth-order valence-corrected chi connectivity index (χ4v) is 4.43. The normalized spacial score (nSPS) is 12.1. The van der Waals surface area contributed by atoms with Crippen LogP contribution in [0.4, 0.5) is 50.9 Å². The molecule has 0 fully saturated rings. The number of benzene rings is 3. The second-order valence-electron chi connectivity index (χ2n) is 9.43. The third kappa shape index (κ3) is 6.82. The van der Waals surface area contributed by atoms with Crippen LogP contribution in [0.15, 0.2) is 54.6 Å². The van der Waals surface area contributed by atoms with Crippen LogP contribution in [0.1, 0.15) is 49.1 Å². The molecule has 3 rings (SSSR count). The summed E-state index contributed by atoms with van der Waals surface area (Å²) in [6.45, 7) is -1.48. The van der Waals surface area contributed by atoms with E-state index in [0.717, 1.165) is 37.1 Å². The van der Waals surface area contributed by atoms with Gasteiger partial charge in [0.1, 0.15) is 5.75 Å². The van der Waals surface area contributed by atoms with E-state index in [1.54, 1.807) is 6.92 Å². The van der Waals surface area contributed by atoms with Gasteiger partial charge in [-0.05, 0) is 61.4 Å². The van der Waals surface area contributed by atoms with Gasteiger partial charge in [0.05, 0.1) is 30.0 Å². The smallest absolute Gasteiger partial charge is 0.435 e. The van der Waals surface area contributed by atoms with Gasteiger partial charge in [0, 0.05) is 17.7 Å². The number of hydrogen-bond donors (Lipinski definition) is 1. The number of carbonyl (C=O) groups is 3. The first kappa shape index (κ1) is 35.5. The zero-order valence-corrected chi connectivity index (χ0v) is 23.8. The Bertz CT molecular complexity index is 1610. The van der Waals surface area contributed by atoms with Crippen molar-refractivity contribution in [3.63, 3.8) is 0 Å². The van der Waals surface area contributed by atoms with Gasteiger partial charge in [-0.15, -0.1) is 0 Å². The van der Waals surface area contributed by atoms with E-state index in [9.17, 15) is 59.0 Å². The number of anilines is 2. The molecule has 3 aromatic rings. The van der Waals surface area contributed by atoms with Crippen LogP contribution in [-0.4, -0.2) is 50.4 Å². The number of methoxy groups -OCH3 is 1. The van der Waals surface area contributed by atoms with Crippen molar-refractivity contribution >= 4 is 29.2 Å². The Hall–Kier alpha value is -4.96. The average Bonchev–Trinajstić information content (AvgIpc) is 2.96. The summed E-state index contributed by atoms with van der Waals surface area (Å²) in [5.74, 6) is -5.04. The molecule has 0 aromatic heterocycles. The Morgan fingerprint density at radius 2 is 1.48 bits per heavy atom. The van der Waals surface area contributed by atoms with Crippen molar-refractivity contribution in [3.8, 4) is 11.5 Å². The number of amides is 2. The van der Waals surface area contributed by atoms with Crippen molar-refractivity contribution in [1.82, 2.24) is 0 Å². The topological polar surface area (TPSA) is 108 Å². The largest absolute Gasteiger partial charge is 0.545 e. The van der Waals surface area contributed by atoms with Gasteiger partial charge in [0.2, 0.25) is 0 Å². The minimum atomic E-state index is -6.56. The molecule has 2 amide bonds. The van der Waals surface area contributed by atoms with E-state index >= 15 is 0 Å². The molecule has 0 saturated carbocycles. The van der Waals surface area contributed by atoms with Gasteiger partial charge in [-0.25, -0.2) is 4.39 Å². The molecule has 0 atom stereocenters. The Morgan fingerprint density at radius 3 is 1.96 bits per heavy atom. The fraction of sp³-hybridized carbons (Fsp3) is 0.276. The third-order valence-corrected chi connectivity index (χ3v) is 6.60. The van der Waals surface area contributed by atoms with E-state index in [1.807, 2.05) is 0 Å². The van der Waals surface area contributed by atoms with Crippen molar-refractivity contribution < 1.29 is 68.5 Å². The van der Waals surface area contributed by atoms with Crippen molar-refractivity contribution in [1.29, 1.82) is 0 Å². The number of nitrogens with one attached hydrogen (secondary N) is 1. The maximum Gasteiger partial charge on any atom is 0.435 e. The molecular weight excluding hydrogens is 643 g/mol. The predicted molar refractivity (Wildman–Crippen MR) is 142 cm³/mol. The van der Waals surface area contributed by atoms with Crippen LogP contribution in [0.25, 0.3) is 0 Å². The predicted octanol–water partition coefficient (Wildman–Crippen LogP) is 6.18. The van der Waals surface area contributed by atoms with Gasteiger partial charge >= 0.3 is 24.6 Å². The van der Waals surface area contributed by atoms with E-state index in [4.69, 9.17) is 4.74 Å². The number of aromatic carboxylic acids is 1. The summed E-state index contributed by atoms with van der Waals surface area (Å²) in [4.78, 5) is 38.8. The standard InChI is InChI=1S/C29H23F9N2O6/c1-4-40(24(42)15-8-10-16(11-9-15)25(43)44)19-7-5-6-18(22(19)45-3)23(41)39-21-14(2)12-17(13-20(21)46-26(30)31)27(32,28(33,34)35)29(36,37)38/h5-13,26H,4H2,1-3H3,(H,39,41)(H,43,44)/p-1. The maximum absolute atomic E-state index is 14.7. The Morgan fingerprint density at radius 1 is 0.913 bits per heavy atom. The first-order valence-electron chi connectivity index (χ1n) is 12.8. The van der Waals surface area contributed by atoms with E-state index in [2.05, 4.69) is 10.1 Å². The van der Waals surface area contributed by atoms with Crippen LogP contribution in [-0.2, 0) is 5.67 Å². The summed E-state index contributed by atoms with van der Waals surface area (Å²) in [6.07, 6.45) is -13.1. The molecule has 0 aliphatic rings. The van der Waals surface area contributed by atoms with Crippen LogP contribution in [0.3, 0.4) is 0 Å². The molecule has 0 heterocycles. The highest BCUT2D eigenvalue weighted by atomic mass is 19.4. The van der Waals surface area contributed by atoms with Gasteiger partial charge in [0.15, 0.2) is 5.75 Å². The van der Waals surface area contributed by atoms with Crippen molar-refractivity contribution in [3.05, 3.63) is 82.4 Å². The number of aryl methyl sites for hydroxylation is 1. The van der Waals surface area contributed by atoms with Gasteiger partial charge in [-0.1, -0.05) is 18.2 Å². The lowest BCUT2D eigenvalue weighted by Crippen LogP contribution is -2.50. The molecular formula is C29H22F9N2O6-. The van der Waals surface area contributed by atoms with E-state index in [-0.39, 0.29) is 46.8 Å². The quantitative estimate of drug-likeness (QED) is 0.260. The number of carbonyl (C=O) groups excluding carboxylic acids is 3. The molecule has 17 heteroatoms. The Labute approximate surface area is 254 Å². The number of halogens is 9. The zero-order valence-electron chi connectivity index (χ0n) is 23.8. The summed E-state index contributed by atoms with van der Waals surface area (Å²) in [5.41, 5.74) is -10.2. The minimum Gasteiger partial charge on any atom is -0.545 e. The molecule has 0 saturated heterocycles. The molecule has 0 bridgehead atoms. The highest BCUT2D eigenvalue weighted by Crippen LogP contribution is 2.54. The average molecular weight is 665 g/mol. The van der Waals surface area contributed by atoms with Crippen molar-refractivity contribution in [2.45, 2.75) is 38.5 Å². The third-order valence-electron chi connectivity index (χ3n) is 6.60. The molecule has 0 aliphatic heterocycles. The van der Waals surface area contributed by atoms with Crippen LogP contribution < -0.4 is 24.8 Å². The van der Waals surface area contributed by atoms with Gasteiger partial charge in [-0.3, -0.25) is 9.59 Å². The molecule has 46 heavy (non-hydrogen) atoms. The van der Waals surface area contributed by atoms with Gasteiger partial charge in [-0.2, -0.15) is 35.1 Å². The monoisotopic (exact) mass is 665 g/mol. The first-order chi connectivity index (χ1) is 21.3. The Balaban J connectivity index is 2.09. The fourth-order valence-electron chi connectivity index (χ4n) is 4.43. The number of hydrogen-bond acceptors (Lipinski definition) is 6. The number of rotatable bonds is 10. The minimum absolute atomic E-state index is 0.0136. The molecule has 248 valence electrons. The van der Waals surface area contributed by atoms with Gasteiger partial charge in [0.25, 0.3) is 11.8 Å². The molecule has 3 aromatic carbocycles. The van der Waals surface area contributed by atoms with E-state index in [1.165, 1.54) is 24.3 Å². The lowest BCUT2D eigenvalue weighted by Gasteiger charge is -2.31. The summed E-state index contributed by atoms with van der Waals surface area (Å²) in [5, 5.41) is 13.1. The molecule has 0 aliphatic carbocycles. The lowest BCUT2D eigenvalue weighted by atomic mass is 9.92. The van der Waals surface area contributed by atoms with Crippen molar-refractivity contribution in [2.24, 2.45) is 0 Å². The zero-order chi connectivity index (χ0) is 34.8. The molecule has 0 unspecified atom stereocenters. The highest BCUT2D eigenvalue weighted by molar-refractivity contribution is 6.11. The first-order valence-corrected chi connectivity index (χ1v) is 12.8. The second kappa shape index (κ2) is 13.2. The van der Waals surface area contributed by atoms with E-state index in [0.29, 0.717) is 0 Å². The molecule has 1 N–H and O–H groups in total. The molecule has 8 nitrogen and oxygen atoms in total. The number of carboxylic acid groups (broad SMARTS) is 1. The maximum atomic E-state index is 14.7. The lowest BCUT2D eigenvalue weighted by molar-refractivity contribution is -0.348. The summed E-state index contributed by atoms with van der Waals surface area (Å²) in [6, 6.07) is 8.27. The summed E-state index contributed by atoms with van der Waals surface area (Å²) < 4.78 is 131. The number of alkyl halides is 9. The number of carboxylic acids is 1. The van der Waals surface area contributed by atoms with Crippen LogP contribution in [0.5, 0.6) is 11.5 Å². The number of ether oxygens (including phenoxy) is 2. The number of para-hydroxylation sites is 1. The Kier molecular flexibility index (Phi) is 10.2. The second-order valence-corrected chi connectivity index (χ2v) is 9.43. The van der Waals surface area contributed by atoms with E-state index < -0.39 is 65.0 Å². The van der Waals surface area contributed by atoms with Gasteiger partial charge < -0.3 is 29.6 Å². The van der Waals surface area contributed by atoms with Crippen LogP contribution >= 0.6 is 0 Å². The SMILES string of the molecule is CCN(C(=O)c1ccc(C(=O)[O-])cc1)c1cccc(C(=O)Nc2c(C)cc(C(F)(C(F)(F)F)C(F)(F)F)cc2OC(F)F)c1OC. The molecule has 0 radical (unpaired) electrons. The van der Waals surface area contributed by atoms with Crippen LogP contribution in [0.2, 0.25) is 0 Å². The summed E-state index contributed by atoms with van der Waals surface area (Å²) in [7, 11) is 1.10. The molecule has 0 spiro atoms. The number of nitrogens with zero attached hydrogens (tertiary/aromatic N) is 1. The highest BCUT2D eigenvalue weighted by Gasteiger charge is 2.73.